The minimum Gasteiger partial charge on any atom is -0.495 e. The van der Waals surface area contributed by atoms with E-state index >= 15 is 0 Å². The van der Waals surface area contributed by atoms with E-state index in [-0.39, 0.29) is 15.7 Å². The van der Waals surface area contributed by atoms with Gasteiger partial charge in [0.05, 0.1) is 17.0 Å². The normalized spacial score (nSPS) is 17.8. The minimum absolute atomic E-state index is 0.0269. The second-order valence-corrected chi connectivity index (χ2v) is 8.46. The summed E-state index contributed by atoms with van der Waals surface area (Å²) in [6.07, 6.45) is 2.34. The lowest BCUT2D eigenvalue weighted by Crippen LogP contribution is -2.34. The summed E-state index contributed by atoms with van der Waals surface area (Å²) >= 11 is 6.01. The molecule has 3 rings (SSSR count). The van der Waals surface area contributed by atoms with Crippen LogP contribution in [0.2, 0.25) is 5.02 Å². The van der Waals surface area contributed by atoms with Crippen molar-refractivity contribution in [3.8, 4) is 5.75 Å². The average Bonchev–Trinajstić information content (AvgIpc) is 2.62. The molecular weight excluding hydrogens is 376 g/mol. The van der Waals surface area contributed by atoms with E-state index in [9.17, 15) is 8.42 Å². The zero-order valence-electron chi connectivity index (χ0n) is 14.6. The van der Waals surface area contributed by atoms with Crippen LogP contribution in [-0.4, -0.2) is 38.8 Å². The van der Waals surface area contributed by atoms with Crippen LogP contribution in [-0.2, 0) is 10.0 Å². The van der Waals surface area contributed by atoms with Crippen LogP contribution in [0.5, 0.6) is 5.75 Å². The van der Waals surface area contributed by atoms with Gasteiger partial charge in [0.15, 0.2) is 11.6 Å². The molecule has 0 aliphatic carbocycles. The number of methoxy groups -OCH3 is 1. The molecule has 1 aromatic carbocycles. The average molecular weight is 397 g/mol. The lowest BCUT2D eigenvalue weighted by atomic mass is 10.0. The highest BCUT2D eigenvalue weighted by atomic mass is 35.5. The van der Waals surface area contributed by atoms with Crippen LogP contribution in [0.15, 0.2) is 35.2 Å². The molecule has 2 aromatic rings. The van der Waals surface area contributed by atoms with Crippen molar-refractivity contribution in [1.82, 2.24) is 10.2 Å². The molecule has 1 saturated heterocycles. The lowest BCUT2D eigenvalue weighted by Gasteiger charge is -2.31. The molecular formula is C17H21ClN4O3S. The third-order valence-corrected chi connectivity index (χ3v) is 5.95. The van der Waals surface area contributed by atoms with Crippen molar-refractivity contribution in [3.63, 3.8) is 0 Å². The van der Waals surface area contributed by atoms with Crippen LogP contribution < -0.4 is 14.4 Å². The SMILES string of the molecule is COc1ccc(S(=O)(=O)Nc2ccc(N3CCCC(C)C3)nn2)cc1Cl. The third kappa shape index (κ3) is 4.19. The van der Waals surface area contributed by atoms with Gasteiger partial charge in [0.25, 0.3) is 10.0 Å². The molecule has 0 bridgehead atoms. The summed E-state index contributed by atoms with van der Waals surface area (Å²) in [4.78, 5) is 2.20. The molecule has 9 heteroatoms. The highest BCUT2D eigenvalue weighted by Crippen LogP contribution is 2.28. The number of anilines is 2. The molecule has 1 unspecified atom stereocenters. The first-order valence-corrected chi connectivity index (χ1v) is 10.2. The molecule has 0 spiro atoms. The lowest BCUT2D eigenvalue weighted by molar-refractivity contribution is 0.414. The van der Waals surface area contributed by atoms with Crippen LogP contribution >= 0.6 is 11.6 Å². The Morgan fingerprint density at radius 2 is 2.08 bits per heavy atom. The van der Waals surface area contributed by atoms with Gasteiger partial charge in [0.1, 0.15) is 5.75 Å². The Balaban J connectivity index is 1.74. The van der Waals surface area contributed by atoms with Gasteiger partial charge in [-0.25, -0.2) is 8.42 Å². The maximum Gasteiger partial charge on any atom is 0.263 e. The fraction of sp³-hybridized carbons (Fsp3) is 0.412. The minimum atomic E-state index is -3.81. The number of benzene rings is 1. The highest BCUT2D eigenvalue weighted by Gasteiger charge is 2.20. The number of hydrogen-bond donors (Lipinski definition) is 1. The molecule has 2 heterocycles. The van der Waals surface area contributed by atoms with Crippen LogP contribution in [0.1, 0.15) is 19.8 Å². The monoisotopic (exact) mass is 396 g/mol. The van der Waals surface area contributed by atoms with Crippen LogP contribution in [0.25, 0.3) is 0 Å². The molecule has 1 fully saturated rings. The second-order valence-electron chi connectivity index (χ2n) is 6.37. The summed E-state index contributed by atoms with van der Waals surface area (Å²) in [5.41, 5.74) is 0. The van der Waals surface area contributed by atoms with Gasteiger partial charge in [0, 0.05) is 13.1 Å². The van der Waals surface area contributed by atoms with E-state index in [4.69, 9.17) is 16.3 Å². The molecule has 0 amide bonds. The Morgan fingerprint density at radius 1 is 1.27 bits per heavy atom. The predicted molar refractivity (Wildman–Crippen MR) is 101 cm³/mol. The van der Waals surface area contributed by atoms with E-state index < -0.39 is 10.0 Å². The number of nitrogens with zero attached hydrogens (tertiary/aromatic N) is 3. The van der Waals surface area contributed by atoms with E-state index in [1.807, 2.05) is 0 Å². The predicted octanol–water partition coefficient (Wildman–Crippen LogP) is 3.18. The first kappa shape index (κ1) is 18.7. The van der Waals surface area contributed by atoms with Crippen molar-refractivity contribution in [3.05, 3.63) is 35.4 Å². The van der Waals surface area contributed by atoms with Gasteiger partial charge in [-0.05, 0) is 49.1 Å². The van der Waals surface area contributed by atoms with Gasteiger partial charge in [-0.15, -0.1) is 10.2 Å². The van der Waals surface area contributed by atoms with Gasteiger partial charge in [0.2, 0.25) is 0 Å². The number of halogens is 1. The second kappa shape index (κ2) is 7.67. The molecule has 0 radical (unpaired) electrons. The fourth-order valence-electron chi connectivity index (χ4n) is 2.96. The molecule has 26 heavy (non-hydrogen) atoms. The molecule has 1 aliphatic heterocycles. The Bertz CT molecular complexity index is 874. The summed E-state index contributed by atoms with van der Waals surface area (Å²) in [6, 6.07) is 7.65. The molecule has 1 N–H and O–H groups in total. The van der Waals surface area contributed by atoms with Gasteiger partial charge in [-0.3, -0.25) is 4.72 Å². The smallest absolute Gasteiger partial charge is 0.263 e. The van der Waals surface area contributed by atoms with E-state index in [1.54, 1.807) is 12.1 Å². The molecule has 140 valence electrons. The highest BCUT2D eigenvalue weighted by molar-refractivity contribution is 7.92. The van der Waals surface area contributed by atoms with E-state index in [0.29, 0.717) is 11.7 Å². The number of aromatic nitrogens is 2. The Hall–Kier alpha value is -2.06. The van der Waals surface area contributed by atoms with Crippen LogP contribution in [0, 0.1) is 5.92 Å². The summed E-state index contributed by atoms with van der Waals surface area (Å²) in [5.74, 6) is 1.94. The Kier molecular flexibility index (Phi) is 5.52. The Labute approximate surface area is 158 Å². The van der Waals surface area contributed by atoms with Gasteiger partial charge in [-0.2, -0.15) is 0 Å². The molecule has 0 saturated carbocycles. The molecule has 1 aromatic heterocycles. The van der Waals surface area contributed by atoms with Gasteiger partial charge in [-0.1, -0.05) is 18.5 Å². The first-order valence-electron chi connectivity index (χ1n) is 8.34. The van der Waals surface area contributed by atoms with Crippen molar-refractivity contribution >= 4 is 33.3 Å². The number of hydrogen-bond acceptors (Lipinski definition) is 6. The van der Waals surface area contributed by atoms with Crippen molar-refractivity contribution in [2.45, 2.75) is 24.7 Å². The topological polar surface area (TPSA) is 84.4 Å². The molecule has 1 atom stereocenters. The quantitative estimate of drug-likeness (QED) is 0.835. The van der Waals surface area contributed by atoms with Crippen molar-refractivity contribution in [1.29, 1.82) is 0 Å². The number of piperidine rings is 1. The zero-order chi connectivity index (χ0) is 18.7. The van der Waals surface area contributed by atoms with E-state index in [2.05, 4.69) is 26.7 Å². The fourth-order valence-corrected chi connectivity index (χ4v) is 4.30. The summed E-state index contributed by atoms with van der Waals surface area (Å²) in [5, 5.41) is 8.39. The van der Waals surface area contributed by atoms with Crippen molar-refractivity contribution in [2.75, 3.05) is 29.8 Å². The largest absolute Gasteiger partial charge is 0.495 e. The van der Waals surface area contributed by atoms with Crippen molar-refractivity contribution < 1.29 is 13.2 Å². The van der Waals surface area contributed by atoms with E-state index in [1.165, 1.54) is 31.7 Å². The summed E-state index contributed by atoms with van der Waals surface area (Å²) in [6.45, 7) is 4.08. The number of rotatable bonds is 5. The maximum absolute atomic E-state index is 12.5. The molecule has 1 aliphatic rings. The van der Waals surface area contributed by atoms with Crippen molar-refractivity contribution in [2.24, 2.45) is 5.92 Å². The first-order chi connectivity index (χ1) is 12.4. The number of nitrogens with one attached hydrogen (secondary N) is 1. The number of sulfonamides is 1. The van der Waals surface area contributed by atoms with Gasteiger partial charge >= 0.3 is 0 Å². The summed E-state index contributed by atoms with van der Waals surface area (Å²) in [7, 11) is -2.35. The zero-order valence-corrected chi connectivity index (χ0v) is 16.2. The van der Waals surface area contributed by atoms with E-state index in [0.717, 1.165) is 25.3 Å². The molecule has 7 nitrogen and oxygen atoms in total. The van der Waals surface area contributed by atoms with Gasteiger partial charge < -0.3 is 9.64 Å². The maximum atomic E-state index is 12.5. The summed E-state index contributed by atoms with van der Waals surface area (Å²) < 4.78 is 32.4. The third-order valence-electron chi connectivity index (χ3n) is 4.30. The Morgan fingerprint density at radius 3 is 2.69 bits per heavy atom. The van der Waals surface area contributed by atoms with Crippen LogP contribution in [0.3, 0.4) is 0 Å². The van der Waals surface area contributed by atoms with Crippen LogP contribution in [0.4, 0.5) is 11.6 Å². The number of ether oxygens (including phenoxy) is 1. The standard InChI is InChI=1S/C17H21ClN4O3S/c1-12-4-3-9-22(11-12)17-8-7-16(19-20-17)21-26(23,24)13-5-6-15(25-2)14(18)10-13/h5-8,10,12H,3-4,9,11H2,1-2H3,(H,19,21).